The van der Waals surface area contributed by atoms with E-state index < -0.39 is 86.7 Å². The van der Waals surface area contributed by atoms with Crippen molar-refractivity contribution in [2.45, 2.75) is 261 Å². The Bertz CT molecular complexity index is 1560. The van der Waals surface area contributed by atoms with Crippen LogP contribution in [0.3, 0.4) is 0 Å². The van der Waals surface area contributed by atoms with Gasteiger partial charge in [-0.3, -0.25) is 4.79 Å². The molecule has 2 heterocycles. The molecular weight excluding hydrogens is 957 g/mol. The maximum absolute atomic E-state index is 13.1. The molecule has 2 aliphatic heterocycles. The summed E-state index contributed by atoms with van der Waals surface area (Å²) in [7, 11) is 0. The number of aliphatic hydroxyl groups excluding tert-OH is 7. The third-order valence-corrected chi connectivity index (χ3v) is 13.4. The van der Waals surface area contributed by atoms with Gasteiger partial charge in [0, 0.05) is 13.0 Å². The summed E-state index contributed by atoms with van der Waals surface area (Å²) in [4.78, 5) is 13.1. The largest absolute Gasteiger partial charge is 0.457 e. The Morgan fingerprint density at radius 1 is 0.453 bits per heavy atom. The highest BCUT2D eigenvalue weighted by atomic mass is 16.7. The summed E-state index contributed by atoms with van der Waals surface area (Å²) in [5, 5.41) is 72.3. The van der Waals surface area contributed by atoms with Gasteiger partial charge in [-0.1, -0.05) is 182 Å². The summed E-state index contributed by atoms with van der Waals surface area (Å²) in [5.74, 6) is -0.396. The lowest BCUT2D eigenvalue weighted by atomic mass is 9.98. The molecule has 14 heteroatoms. The molecule has 0 amide bonds. The van der Waals surface area contributed by atoms with E-state index in [1.807, 2.05) is 0 Å². The maximum Gasteiger partial charge on any atom is 0.306 e. The van der Waals surface area contributed by atoms with Gasteiger partial charge in [-0.25, -0.2) is 0 Å². The number of unbranched alkanes of at least 4 members (excludes halogenated alkanes) is 18. The van der Waals surface area contributed by atoms with Gasteiger partial charge in [-0.2, -0.15) is 0 Å². The van der Waals surface area contributed by atoms with Gasteiger partial charge in [0.2, 0.25) is 0 Å². The van der Waals surface area contributed by atoms with Crippen LogP contribution in [-0.4, -0.2) is 142 Å². The molecule has 0 radical (unpaired) electrons. The Morgan fingerprint density at radius 2 is 0.867 bits per heavy atom. The van der Waals surface area contributed by atoms with Crippen molar-refractivity contribution in [3.05, 3.63) is 85.1 Å². The number of ether oxygens (including phenoxy) is 6. The van der Waals surface area contributed by atoms with Crippen molar-refractivity contribution in [3.8, 4) is 0 Å². The number of allylic oxidation sites excluding steroid dienone is 14. The van der Waals surface area contributed by atoms with Gasteiger partial charge in [0.05, 0.1) is 26.4 Å². The second-order valence-corrected chi connectivity index (χ2v) is 20.1. The van der Waals surface area contributed by atoms with Crippen molar-refractivity contribution in [2.24, 2.45) is 0 Å². The molecule has 0 aromatic carbocycles. The summed E-state index contributed by atoms with van der Waals surface area (Å²) in [6, 6.07) is 0. The standard InChI is InChI=1S/C61H104O14/c1-3-5-7-9-11-13-15-17-19-21-23-24-25-26-27-28-30-32-34-36-38-40-42-44-53(63)73-50(47-70-45-43-41-39-37-35-33-31-29-22-20-18-16-14-12-10-8-6-4-2)48-71-60-59(69)57(67)55(65)52(75-60)49-72-61-58(68)56(66)54(64)51(46-62)74-61/h6,8,12,14-15,17-18,20-21,23,29,31,35,37,50-52,54-62,64-69H,3-5,7,9-11,13,16,19,22,24-28,30,32-34,36,38-49H2,1-2H3/b8-6-,14-12-,17-15-,20-18-,23-21-,31-29-,37-35-. The first kappa shape index (κ1) is 68.3. The SMILES string of the molecule is CC/C=C\C/C=C\C/C=C\C/C=C\C/C=C\CCCCOCC(COC1OC(COC2OC(CO)C(O)C(O)C2O)C(O)C(O)C1O)OC(=O)CCCCCCCCCCCCC/C=C\C/C=C\CCCCCCC. The van der Waals surface area contributed by atoms with Crippen molar-refractivity contribution < 1.29 is 69.0 Å². The molecule has 2 fully saturated rings. The molecule has 2 saturated heterocycles. The lowest BCUT2D eigenvalue weighted by Gasteiger charge is -2.42. The summed E-state index contributed by atoms with van der Waals surface area (Å²) in [6.45, 7) is 3.45. The zero-order valence-electron chi connectivity index (χ0n) is 46.3. The zero-order chi connectivity index (χ0) is 54.4. The maximum atomic E-state index is 13.1. The second kappa shape index (κ2) is 47.2. The minimum Gasteiger partial charge on any atom is -0.457 e. The van der Waals surface area contributed by atoms with Crippen LogP contribution in [-0.2, 0) is 33.2 Å². The quantitative estimate of drug-likeness (QED) is 0.0172. The predicted molar refractivity (Wildman–Crippen MR) is 298 cm³/mol. The van der Waals surface area contributed by atoms with Crippen molar-refractivity contribution in [1.29, 1.82) is 0 Å². The van der Waals surface area contributed by atoms with Crippen molar-refractivity contribution in [1.82, 2.24) is 0 Å². The molecule has 0 aromatic rings. The second-order valence-electron chi connectivity index (χ2n) is 20.1. The smallest absolute Gasteiger partial charge is 0.306 e. The van der Waals surface area contributed by atoms with Gasteiger partial charge < -0.3 is 64.2 Å². The first-order valence-electron chi connectivity index (χ1n) is 29.2. The van der Waals surface area contributed by atoms with E-state index in [9.17, 15) is 40.5 Å². The highest BCUT2D eigenvalue weighted by Gasteiger charge is 2.47. The molecule has 0 aliphatic carbocycles. The average Bonchev–Trinajstić information content (AvgIpc) is 3.41. The summed E-state index contributed by atoms with van der Waals surface area (Å²) < 4.78 is 34.3. The molecule has 11 unspecified atom stereocenters. The molecule has 14 nitrogen and oxygen atoms in total. The van der Waals surface area contributed by atoms with E-state index in [1.54, 1.807) is 0 Å². The molecule has 2 aliphatic rings. The van der Waals surface area contributed by atoms with Crippen molar-refractivity contribution in [2.75, 3.05) is 33.0 Å². The van der Waals surface area contributed by atoms with Crippen LogP contribution in [0.5, 0.6) is 0 Å². The Labute approximate surface area is 452 Å². The fraction of sp³-hybridized carbons (Fsp3) is 0.754. The molecule has 0 spiro atoms. The highest BCUT2D eigenvalue weighted by molar-refractivity contribution is 5.69. The lowest BCUT2D eigenvalue weighted by Crippen LogP contribution is -2.61. The lowest BCUT2D eigenvalue weighted by molar-refractivity contribution is -0.332. The Kier molecular flexibility index (Phi) is 43.0. The third kappa shape index (κ3) is 33.9. The van der Waals surface area contributed by atoms with Crippen LogP contribution in [0.1, 0.15) is 194 Å². The van der Waals surface area contributed by atoms with E-state index >= 15 is 0 Å². The molecule has 0 saturated carbocycles. The minimum absolute atomic E-state index is 0.0271. The molecular formula is C61H104O14. The number of esters is 1. The fourth-order valence-corrected chi connectivity index (χ4v) is 8.69. The minimum atomic E-state index is -1.72. The van der Waals surface area contributed by atoms with Crippen LogP contribution in [0.15, 0.2) is 85.1 Å². The number of hydrogen-bond donors (Lipinski definition) is 7. The number of carbonyl (C=O) groups excluding carboxylic acids is 1. The van der Waals surface area contributed by atoms with E-state index in [0.29, 0.717) is 13.0 Å². The first-order chi connectivity index (χ1) is 36.6. The van der Waals surface area contributed by atoms with Gasteiger partial charge in [-0.05, 0) is 89.9 Å². The Hall–Kier alpha value is -2.83. The topological polar surface area (TPSA) is 214 Å². The van der Waals surface area contributed by atoms with Gasteiger partial charge in [-0.15, -0.1) is 0 Å². The molecule has 7 N–H and O–H groups in total. The normalized spacial score (nSPS) is 25.2. The fourth-order valence-electron chi connectivity index (χ4n) is 8.69. The summed E-state index contributed by atoms with van der Waals surface area (Å²) in [6.07, 6.45) is 45.0. The Morgan fingerprint density at radius 3 is 1.36 bits per heavy atom. The molecule has 0 bridgehead atoms. The van der Waals surface area contributed by atoms with E-state index in [-0.39, 0.29) is 19.6 Å². The predicted octanol–water partition coefficient (Wildman–Crippen LogP) is 10.4. The molecule has 0 aromatic heterocycles. The van der Waals surface area contributed by atoms with Crippen molar-refractivity contribution >= 4 is 5.97 Å². The molecule has 75 heavy (non-hydrogen) atoms. The molecule has 11 atom stereocenters. The summed E-state index contributed by atoms with van der Waals surface area (Å²) >= 11 is 0. The Balaban J connectivity index is 1.73. The number of hydrogen-bond acceptors (Lipinski definition) is 14. The van der Waals surface area contributed by atoms with E-state index in [2.05, 4.69) is 98.9 Å². The van der Waals surface area contributed by atoms with Gasteiger partial charge in [0.25, 0.3) is 0 Å². The van der Waals surface area contributed by atoms with Crippen LogP contribution in [0.25, 0.3) is 0 Å². The van der Waals surface area contributed by atoms with Gasteiger partial charge >= 0.3 is 5.97 Å². The van der Waals surface area contributed by atoms with E-state index in [1.165, 1.54) is 89.9 Å². The number of aliphatic hydroxyl groups is 7. The van der Waals surface area contributed by atoms with Crippen molar-refractivity contribution in [3.63, 3.8) is 0 Å². The van der Waals surface area contributed by atoms with Gasteiger partial charge in [0.1, 0.15) is 54.9 Å². The number of rotatable bonds is 46. The third-order valence-electron chi connectivity index (χ3n) is 13.4. The number of carbonyl (C=O) groups is 1. The van der Waals surface area contributed by atoms with Crippen LogP contribution >= 0.6 is 0 Å². The average molecular weight is 1060 g/mol. The highest BCUT2D eigenvalue weighted by Crippen LogP contribution is 2.26. The van der Waals surface area contributed by atoms with Crippen LogP contribution in [0.2, 0.25) is 0 Å². The van der Waals surface area contributed by atoms with Crippen LogP contribution in [0, 0.1) is 0 Å². The van der Waals surface area contributed by atoms with E-state index in [0.717, 1.165) is 77.0 Å². The summed E-state index contributed by atoms with van der Waals surface area (Å²) in [5.41, 5.74) is 0. The monoisotopic (exact) mass is 1060 g/mol. The first-order valence-corrected chi connectivity index (χ1v) is 29.2. The van der Waals surface area contributed by atoms with Crippen LogP contribution < -0.4 is 0 Å². The molecule has 432 valence electrons. The van der Waals surface area contributed by atoms with Crippen LogP contribution in [0.4, 0.5) is 0 Å². The molecule has 2 rings (SSSR count). The zero-order valence-corrected chi connectivity index (χ0v) is 46.3. The van der Waals surface area contributed by atoms with E-state index in [4.69, 9.17) is 28.4 Å². The van der Waals surface area contributed by atoms with Gasteiger partial charge in [0.15, 0.2) is 12.6 Å².